The Balaban J connectivity index is 1.62. The molecule has 34 heavy (non-hydrogen) atoms. The second kappa shape index (κ2) is 13.0. The minimum atomic E-state index is -0.914. The normalized spacial score (nSPS) is 20.2. The van der Waals surface area contributed by atoms with Gasteiger partial charge in [0.1, 0.15) is 12.6 Å². The predicted octanol–water partition coefficient (Wildman–Crippen LogP) is 3.37. The Kier molecular flexibility index (Phi) is 10.1. The summed E-state index contributed by atoms with van der Waals surface area (Å²) in [6.45, 7) is 0.563. The van der Waals surface area contributed by atoms with E-state index in [-0.39, 0.29) is 24.9 Å². The lowest BCUT2D eigenvalue weighted by molar-refractivity contribution is -0.128. The van der Waals surface area contributed by atoms with Crippen LogP contribution in [-0.4, -0.2) is 41.7 Å². The first kappa shape index (κ1) is 26.3. The monoisotopic (exact) mass is 509 g/mol. The van der Waals surface area contributed by atoms with Gasteiger partial charge >= 0.3 is 6.09 Å². The van der Waals surface area contributed by atoms with Gasteiger partial charge in [-0.05, 0) is 42.9 Å². The van der Waals surface area contributed by atoms with Crippen LogP contribution < -0.4 is 16.0 Å². The van der Waals surface area contributed by atoms with Crippen LogP contribution in [0.25, 0.3) is 0 Å². The number of hydrogen-bond donors (Lipinski definition) is 4. The zero-order valence-corrected chi connectivity index (χ0v) is 20.7. The molecule has 1 aliphatic carbocycles. The van der Waals surface area contributed by atoms with E-state index in [9.17, 15) is 19.2 Å². The summed E-state index contributed by atoms with van der Waals surface area (Å²) in [6.07, 6.45) is 5.83. The average Bonchev–Trinajstić information content (AvgIpc) is 3.21. The number of thiol groups is 1. The second-order valence-electron chi connectivity index (χ2n) is 9.05. The van der Waals surface area contributed by atoms with Gasteiger partial charge < -0.3 is 20.7 Å². The van der Waals surface area contributed by atoms with Crippen molar-refractivity contribution in [3.63, 3.8) is 0 Å². The lowest BCUT2D eigenvalue weighted by Gasteiger charge is -2.28. The largest absolute Gasteiger partial charge is 0.445 e. The van der Waals surface area contributed by atoms with Gasteiger partial charge in [0.15, 0.2) is 0 Å². The Bertz CT molecular complexity index is 893. The molecule has 1 saturated carbocycles. The minimum Gasteiger partial charge on any atom is -0.445 e. The van der Waals surface area contributed by atoms with Crippen molar-refractivity contribution in [3.05, 3.63) is 34.9 Å². The third-order valence-electron chi connectivity index (χ3n) is 6.46. The third kappa shape index (κ3) is 8.20. The van der Waals surface area contributed by atoms with E-state index in [0.29, 0.717) is 30.3 Å². The van der Waals surface area contributed by atoms with Crippen molar-refractivity contribution in [2.75, 3.05) is 6.54 Å². The number of nitrogens with one attached hydrogen (secondary N) is 3. The molecule has 0 unspecified atom stereocenters. The van der Waals surface area contributed by atoms with E-state index in [2.05, 4.69) is 28.6 Å². The Hall–Kier alpha value is -2.26. The maximum atomic E-state index is 13.2. The molecule has 3 N–H and O–H groups in total. The van der Waals surface area contributed by atoms with Crippen LogP contribution in [0.5, 0.6) is 0 Å². The van der Waals surface area contributed by atoms with Crippen LogP contribution in [0.3, 0.4) is 0 Å². The number of halogens is 1. The van der Waals surface area contributed by atoms with Crippen LogP contribution in [0.15, 0.2) is 24.3 Å². The van der Waals surface area contributed by atoms with Crippen molar-refractivity contribution in [2.45, 2.75) is 70.1 Å². The van der Waals surface area contributed by atoms with E-state index in [0.717, 1.165) is 31.2 Å². The Morgan fingerprint density at radius 1 is 1.09 bits per heavy atom. The third-order valence-corrected chi connectivity index (χ3v) is 7.01. The molecular weight excluding hydrogens is 478 g/mol. The zero-order valence-electron chi connectivity index (χ0n) is 19.1. The minimum absolute atomic E-state index is 0.0126. The van der Waals surface area contributed by atoms with E-state index in [1.54, 1.807) is 24.3 Å². The number of ether oxygens (including phenoxy) is 1. The van der Waals surface area contributed by atoms with Gasteiger partial charge in [0.25, 0.3) is 0 Å². The molecule has 1 heterocycles. The fraction of sp³-hybridized carbons (Fsp3) is 0.583. The topological polar surface area (TPSA) is 114 Å². The van der Waals surface area contributed by atoms with Crippen LogP contribution >= 0.6 is 24.2 Å². The summed E-state index contributed by atoms with van der Waals surface area (Å²) < 4.78 is 5.30. The highest BCUT2D eigenvalue weighted by Crippen LogP contribution is 2.27. The lowest BCUT2D eigenvalue weighted by atomic mass is 9.84. The Morgan fingerprint density at radius 2 is 1.85 bits per heavy atom. The number of rotatable bonds is 10. The molecule has 3 amide bonds. The highest BCUT2D eigenvalue weighted by atomic mass is 35.5. The van der Waals surface area contributed by atoms with Gasteiger partial charge in [-0.1, -0.05) is 55.8 Å². The summed E-state index contributed by atoms with van der Waals surface area (Å²) in [5.74, 6) is -0.663. The fourth-order valence-corrected chi connectivity index (χ4v) is 4.98. The first-order valence-corrected chi connectivity index (χ1v) is 12.6. The molecule has 2 aliphatic rings. The number of carbonyl (C=O) groups is 4. The van der Waals surface area contributed by atoms with E-state index >= 15 is 0 Å². The summed E-state index contributed by atoms with van der Waals surface area (Å²) in [4.78, 5) is 49.7. The van der Waals surface area contributed by atoms with E-state index in [1.165, 1.54) is 6.42 Å². The van der Waals surface area contributed by atoms with Crippen LogP contribution in [0.1, 0.15) is 56.9 Å². The van der Waals surface area contributed by atoms with Crippen molar-refractivity contribution < 1.29 is 23.9 Å². The molecule has 3 atom stereocenters. The summed E-state index contributed by atoms with van der Waals surface area (Å²) in [5, 5.41) is 8.13. The van der Waals surface area contributed by atoms with Gasteiger partial charge in [-0.2, -0.15) is 0 Å². The Morgan fingerprint density at radius 3 is 2.50 bits per heavy atom. The molecule has 1 aromatic carbocycles. The van der Waals surface area contributed by atoms with Gasteiger partial charge in [0.2, 0.25) is 16.9 Å². The van der Waals surface area contributed by atoms with Crippen LogP contribution in [0.4, 0.5) is 4.79 Å². The highest BCUT2D eigenvalue weighted by molar-refractivity contribution is 7.96. The summed E-state index contributed by atoms with van der Waals surface area (Å²) in [6, 6.07) is 5.20. The first-order valence-electron chi connectivity index (χ1n) is 11.8. The number of benzene rings is 1. The van der Waals surface area contributed by atoms with Gasteiger partial charge in [-0.25, -0.2) is 4.79 Å². The SMILES string of the molecule is O=C(N[C@@H](CC1CCCCC1)C(=O)N[C@@H](C[C@@H]1CCNC1=O)C(=O)S)OCc1cccc(Cl)c1. The first-order chi connectivity index (χ1) is 16.3. The molecule has 3 rings (SSSR count). The Labute approximate surface area is 210 Å². The fourth-order valence-electron chi connectivity index (χ4n) is 4.60. The molecule has 1 saturated heterocycles. The summed E-state index contributed by atoms with van der Waals surface area (Å²) in [5.41, 5.74) is 0.728. The van der Waals surface area contributed by atoms with Gasteiger partial charge in [0.05, 0.1) is 6.04 Å². The average molecular weight is 510 g/mol. The van der Waals surface area contributed by atoms with Crippen molar-refractivity contribution in [1.82, 2.24) is 16.0 Å². The van der Waals surface area contributed by atoms with Crippen LogP contribution in [0, 0.1) is 11.8 Å². The van der Waals surface area contributed by atoms with Crippen molar-refractivity contribution in [1.29, 1.82) is 0 Å². The number of alkyl carbamates (subject to hydrolysis) is 1. The number of hydrogen-bond acceptors (Lipinski definition) is 5. The molecule has 1 aromatic rings. The molecule has 10 heteroatoms. The van der Waals surface area contributed by atoms with Crippen LogP contribution in [0.2, 0.25) is 5.02 Å². The maximum Gasteiger partial charge on any atom is 0.408 e. The predicted molar refractivity (Wildman–Crippen MR) is 131 cm³/mol. The second-order valence-corrected chi connectivity index (χ2v) is 9.93. The van der Waals surface area contributed by atoms with Crippen molar-refractivity contribution in [3.8, 4) is 0 Å². The van der Waals surface area contributed by atoms with E-state index in [1.807, 2.05) is 0 Å². The summed E-state index contributed by atoms with van der Waals surface area (Å²) in [7, 11) is 0. The zero-order chi connectivity index (χ0) is 24.5. The highest BCUT2D eigenvalue weighted by Gasteiger charge is 2.33. The smallest absolute Gasteiger partial charge is 0.408 e. The lowest BCUT2D eigenvalue weighted by Crippen LogP contribution is -2.52. The van der Waals surface area contributed by atoms with Crippen molar-refractivity contribution >= 4 is 47.3 Å². The molecular formula is C24H32ClN3O5S. The summed E-state index contributed by atoms with van der Waals surface area (Å²) >= 11 is 9.88. The molecule has 0 radical (unpaired) electrons. The molecule has 0 spiro atoms. The molecule has 0 aromatic heterocycles. The quantitative estimate of drug-likeness (QED) is 0.361. The molecule has 2 fully saturated rings. The number of carbonyl (C=O) groups excluding carboxylic acids is 4. The molecule has 1 aliphatic heterocycles. The molecule has 0 bridgehead atoms. The van der Waals surface area contributed by atoms with E-state index < -0.39 is 29.2 Å². The van der Waals surface area contributed by atoms with E-state index in [4.69, 9.17) is 16.3 Å². The van der Waals surface area contributed by atoms with Crippen LogP contribution in [-0.2, 0) is 25.7 Å². The standard InChI is InChI=1S/C24H32ClN3O5S/c25-18-8-4-7-16(11-18)14-33-24(32)28-19(12-15-5-2-1-3-6-15)22(30)27-20(23(31)34)13-17-9-10-26-21(17)29/h4,7-8,11,15,17,19-20H,1-3,5-6,9-10,12-14H2,(H,26,29)(H,27,30)(H,28,32)(H,31,34)/t17-,19-,20-/m0/s1. The van der Waals surface area contributed by atoms with Gasteiger partial charge in [-0.15, -0.1) is 12.6 Å². The number of amides is 3. The maximum absolute atomic E-state index is 13.2. The van der Waals surface area contributed by atoms with Crippen molar-refractivity contribution in [2.24, 2.45) is 11.8 Å². The van der Waals surface area contributed by atoms with Gasteiger partial charge in [-0.3, -0.25) is 14.4 Å². The molecule has 8 nitrogen and oxygen atoms in total. The molecule has 186 valence electrons. The van der Waals surface area contributed by atoms with Gasteiger partial charge in [0, 0.05) is 17.5 Å².